The van der Waals surface area contributed by atoms with E-state index < -0.39 is 10.0 Å². The first-order chi connectivity index (χ1) is 9.95. The number of fused-ring (bicyclic) bond motifs is 1. The lowest BCUT2D eigenvalue weighted by Gasteiger charge is -2.20. The van der Waals surface area contributed by atoms with Crippen LogP contribution in [0.4, 0.5) is 5.69 Å². The molecule has 0 saturated carbocycles. The molecule has 0 saturated heterocycles. The van der Waals surface area contributed by atoms with Crippen molar-refractivity contribution in [2.75, 3.05) is 17.9 Å². The Morgan fingerprint density at radius 3 is 2.48 bits per heavy atom. The standard InChI is InChI=1S/C13H12ClNO4S2/c1-8-2-3-13(20-8)21(16,17)15-10-7-12-11(6-9(10)14)18-4-5-19-12/h2-3,6-7,15H,4-5H2,1H3. The maximum Gasteiger partial charge on any atom is 0.271 e. The third-order valence-corrected chi connectivity index (χ3v) is 6.03. The zero-order chi connectivity index (χ0) is 15.0. The lowest BCUT2D eigenvalue weighted by molar-refractivity contribution is 0.171. The number of thiophene rings is 1. The Morgan fingerprint density at radius 1 is 1.19 bits per heavy atom. The van der Waals surface area contributed by atoms with Gasteiger partial charge >= 0.3 is 0 Å². The summed E-state index contributed by atoms with van der Waals surface area (Å²) in [7, 11) is -3.65. The first kappa shape index (κ1) is 14.5. The van der Waals surface area contributed by atoms with Gasteiger partial charge in [-0.25, -0.2) is 8.42 Å². The molecule has 3 rings (SSSR count). The summed E-state index contributed by atoms with van der Waals surface area (Å²) < 4.78 is 38.2. The molecule has 112 valence electrons. The second-order valence-electron chi connectivity index (χ2n) is 4.45. The minimum absolute atomic E-state index is 0.242. The Kier molecular flexibility index (Phi) is 3.73. The fraction of sp³-hybridized carbons (Fsp3) is 0.231. The van der Waals surface area contributed by atoms with E-state index in [0.29, 0.717) is 24.7 Å². The van der Waals surface area contributed by atoms with Crippen molar-refractivity contribution in [2.45, 2.75) is 11.1 Å². The van der Waals surface area contributed by atoms with Gasteiger partial charge in [-0.2, -0.15) is 0 Å². The van der Waals surface area contributed by atoms with Gasteiger partial charge in [0.25, 0.3) is 10.0 Å². The van der Waals surface area contributed by atoms with Gasteiger partial charge in [0.05, 0.1) is 10.7 Å². The van der Waals surface area contributed by atoms with Crippen LogP contribution < -0.4 is 14.2 Å². The second kappa shape index (κ2) is 5.40. The molecule has 5 nitrogen and oxygen atoms in total. The number of benzene rings is 1. The molecule has 2 heterocycles. The van der Waals surface area contributed by atoms with Crippen molar-refractivity contribution in [1.82, 2.24) is 0 Å². The number of aryl methyl sites for hydroxylation is 1. The first-order valence-corrected chi connectivity index (χ1v) is 8.82. The summed E-state index contributed by atoms with van der Waals surface area (Å²) in [5.74, 6) is 0.992. The van der Waals surface area contributed by atoms with Crippen LogP contribution in [0.3, 0.4) is 0 Å². The maximum atomic E-state index is 12.3. The number of anilines is 1. The Labute approximate surface area is 131 Å². The van der Waals surface area contributed by atoms with Gasteiger partial charge in [-0.15, -0.1) is 11.3 Å². The molecule has 0 unspecified atom stereocenters. The highest BCUT2D eigenvalue weighted by atomic mass is 35.5. The molecule has 0 atom stereocenters. The van der Waals surface area contributed by atoms with Crippen molar-refractivity contribution in [3.05, 3.63) is 34.2 Å². The number of ether oxygens (including phenoxy) is 2. The van der Waals surface area contributed by atoms with Crippen LogP contribution in [-0.2, 0) is 10.0 Å². The quantitative estimate of drug-likeness (QED) is 0.927. The molecule has 21 heavy (non-hydrogen) atoms. The Balaban J connectivity index is 1.94. The number of sulfonamides is 1. The maximum absolute atomic E-state index is 12.3. The van der Waals surface area contributed by atoms with E-state index in [-0.39, 0.29) is 14.9 Å². The average molecular weight is 346 g/mol. The van der Waals surface area contributed by atoms with E-state index in [0.717, 1.165) is 4.88 Å². The second-order valence-corrected chi connectivity index (χ2v) is 8.05. The molecule has 0 aliphatic carbocycles. The highest BCUT2D eigenvalue weighted by Gasteiger charge is 2.21. The lowest BCUT2D eigenvalue weighted by atomic mass is 10.2. The summed E-state index contributed by atoms with van der Waals surface area (Å²) in [5, 5.41) is 0.260. The number of hydrogen-bond acceptors (Lipinski definition) is 5. The van der Waals surface area contributed by atoms with Crippen molar-refractivity contribution in [1.29, 1.82) is 0 Å². The molecule has 0 fully saturated rings. The smallest absolute Gasteiger partial charge is 0.271 e. The minimum Gasteiger partial charge on any atom is -0.486 e. The van der Waals surface area contributed by atoms with Crippen LogP contribution >= 0.6 is 22.9 Å². The topological polar surface area (TPSA) is 64.6 Å². The predicted molar refractivity (Wildman–Crippen MR) is 82.3 cm³/mol. The molecule has 1 aromatic carbocycles. The molecule has 2 aromatic rings. The zero-order valence-electron chi connectivity index (χ0n) is 11.1. The summed E-state index contributed by atoms with van der Waals surface area (Å²) in [4.78, 5) is 0.920. The first-order valence-electron chi connectivity index (χ1n) is 6.14. The predicted octanol–water partition coefficient (Wildman–Crippen LogP) is 3.28. The Bertz CT molecular complexity index is 785. The van der Waals surface area contributed by atoms with E-state index in [1.807, 2.05) is 6.92 Å². The number of rotatable bonds is 3. The Morgan fingerprint density at radius 2 is 1.86 bits per heavy atom. The van der Waals surface area contributed by atoms with Gasteiger partial charge in [-0.1, -0.05) is 11.6 Å². The third kappa shape index (κ3) is 2.95. The molecule has 0 radical (unpaired) electrons. The van der Waals surface area contributed by atoms with E-state index in [1.54, 1.807) is 18.2 Å². The largest absolute Gasteiger partial charge is 0.486 e. The van der Waals surface area contributed by atoms with Gasteiger partial charge in [0, 0.05) is 17.0 Å². The van der Waals surface area contributed by atoms with E-state index in [1.165, 1.54) is 17.4 Å². The monoisotopic (exact) mass is 345 g/mol. The molecular weight excluding hydrogens is 334 g/mol. The van der Waals surface area contributed by atoms with E-state index in [4.69, 9.17) is 21.1 Å². The highest BCUT2D eigenvalue weighted by molar-refractivity contribution is 7.94. The molecule has 1 aliphatic heterocycles. The van der Waals surface area contributed by atoms with Crippen molar-refractivity contribution < 1.29 is 17.9 Å². The van der Waals surface area contributed by atoms with Crippen LogP contribution in [0.5, 0.6) is 11.5 Å². The van der Waals surface area contributed by atoms with Gasteiger partial charge in [-0.3, -0.25) is 4.72 Å². The van der Waals surface area contributed by atoms with Gasteiger partial charge in [0.1, 0.15) is 17.4 Å². The zero-order valence-corrected chi connectivity index (χ0v) is 13.4. The molecule has 0 spiro atoms. The van der Waals surface area contributed by atoms with Gasteiger partial charge in [0.15, 0.2) is 11.5 Å². The molecule has 1 N–H and O–H groups in total. The van der Waals surface area contributed by atoms with Gasteiger partial charge in [0.2, 0.25) is 0 Å². The van der Waals surface area contributed by atoms with Crippen LogP contribution in [0.25, 0.3) is 0 Å². The average Bonchev–Trinajstić information content (AvgIpc) is 2.87. The fourth-order valence-corrected chi connectivity index (χ4v) is 4.50. The van der Waals surface area contributed by atoms with Crippen molar-refractivity contribution >= 4 is 38.6 Å². The minimum atomic E-state index is -3.65. The van der Waals surface area contributed by atoms with Crippen LogP contribution in [-0.4, -0.2) is 21.6 Å². The SMILES string of the molecule is Cc1ccc(S(=O)(=O)Nc2cc3c(cc2Cl)OCCO3)s1. The van der Waals surface area contributed by atoms with Crippen LogP contribution in [0.15, 0.2) is 28.5 Å². The van der Waals surface area contributed by atoms with E-state index in [9.17, 15) is 8.42 Å². The molecule has 0 amide bonds. The number of halogens is 1. The fourth-order valence-electron chi connectivity index (χ4n) is 1.89. The molecule has 1 aromatic heterocycles. The van der Waals surface area contributed by atoms with Crippen LogP contribution in [0, 0.1) is 6.92 Å². The highest BCUT2D eigenvalue weighted by Crippen LogP contribution is 2.39. The summed E-state index contributed by atoms with van der Waals surface area (Å²) in [5.41, 5.74) is 0.270. The summed E-state index contributed by atoms with van der Waals surface area (Å²) >= 11 is 7.30. The third-order valence-electron chi connectivity index (χ3n) is 2.86. The van der Waals surface area contributed by atoms with Crippen molar-refractivity contribution in [2.24, 2.45) is 0 Å². The number of nitrogens with one attached hydrogen (secondary N) is 1. The molecule has 8 heteroatoms. The number of hydrogen-bond donors (Lipinski definition) is 1. The Hall–Kier alpha value is -1.44. The summed E-state index contributed by atoms with van der Waals surface area (Å²) in [6.45, 7) is 2.72. The molecule has 1 aliphatic rings. The van der Waals surface area contributed by atoms with E-state index >= 15 is 0 Å². The normalized spacial score (nSPS) is 14.0. The summed E-state index contributed by atoms with van der Waals surface area (Å²) in [6, 6.07) is 6.40. The lowest BCUT2D eigenvalue weighted by Crippen LogP contribution is -2.16. The van der Waals surface area contributed by atoms with Crippen molar-refractivity contribution in [3.63, 3.8) is 0 Å². The van der Waals surface area contributed by atoms with Gasteiger partial charge < -0.3 is 9.47 Å². The van der Waals surface area contributed by atoms with Crippen molar-refractivity contribution in [3.8, 4) is 11.5 Å². The summed E-state index contributed by atoms with van der Waals surface area (Å²) in [6.07, 6.45) is 0. The molecular formula is C13H12ClNO4S2. The molecule has 0 bridgehead atoms. The van der Waals surface area contributed by atoms with Gasteiger partial charge in [-0.05, 0) is 19.1 Å². The van der Waals surface area contributed by atoms with E-state index in [2.05, 4.69) is 4.72 Å². The van der Waals surface area contributed by atoms with Crippen LogP contribution in [0.2, 0.25) is 5.02 Å². The van der Waals surface area contributed by atoms with Crippen LogP contribution in [0.1, 0.15) is 4.88 Å².